The van der Waals surface area contributed by atoms with Gasteiger partial charge in [0.2, 0.25) is 5.13 Å². The molecule has 0 saturated heterocycles. The van der Waals surface area contributed by atoms with Gasteiger partial charge >= 0.3 is 0 Å². The standard InChI is InChI=1S/C14H14ClN3OS/c1-3-6-19-13-5-4-12(15)7-11(13)8-16-18-14-17-10(2)9-20-14/h3-5,7-9H,1,6H2,2H3,(H,17,18). The van der Waals surface area contributed by atoms with Crippen molar-refractivity contribution < 1.29 is 4.74 Å². The number of aryl methyl sites for hydroxylation is 1. The van der Waals surface area contributed by atoms with Crippen molar-refractivity contribution in [2.45, 2.75) is 6.92 Å². The van der Waals surface area contributed by atoms with Gasteiger partial charge in [0, 0.05) is 16.0 Å². The van der Waals surface area contributed by atoms with E-state index in [1.807, 2.05) is 12.3 Å². The first-order valence-corrected chi connectivity index (χ1v) is 7.19. The van der Waals surface area contributed by atoms with Gasteiger partial charge in [0.1, 0.15) is 12.4 Å². The minimum Gasteiger partial charge on any atom is -0.489 e. The SMILES string of the molecule is C=CCOc1ccc(Cl)cc1C=NNc1nc(C)cs1. The molecule has 0 aliphatic carbocycles. The summed E-state index contributed by atoms with van der Waals surface area (Å²) in [5, 5.41) is 7.47. The molecule has 1 N–H and O–H groups in total. The maximum atomic E-state index is 5.98. The van der Waals surface area contributed by atoms with E-state index in [0.717, 1.165) is 16.4 Å². The Kier molecular flexibility index (Phi) is 5.15. The number of aromatic nitrogens is 1. The molecule has 0 atom stereocenters. The highest BCUT2D eigenvalue weighted by atomic mass is 35.5. The first kappa shape index (κ1) is 14.6. The number of ether oxygens (including phenoxy) is 1. The van der Waals surface area contributed by atoms with Crippen LogP contribution in [0.15, 0.2) is 41.3 Å². The fraction of sp³-hybridized carbons (Fsp3) is 0.143. The van der Waals surface area contributed by atoms with E-state index in [2.05, 4.69) is 22.1 Å². The summed E-state index contributed by atoms with van der Waals surface area (Å²) >= 11 is 7.48. The van der Waals surface area contributed by atoms with E-state index in [0.29, 0.717) is 17.4 Å². The molecule has 1 aromatic heterocycles. The summed E-state index contributed by atoms with van der Waals surface area (Å²) in [5.41, 5.74) is 4.63. The number of anilines is 1. The van der Waals surface area contributed by atoms with Gasteiger partial charge in [-0.2, -0.15) is 5.10 Å². The molecule has 1 aromatic carbocycles. The van der Waals surface area contributed by atoms with E-state index in [-0.39, 0.29) is 0 Å². The summed E-state index contributed by atoms with van der Waals surface area (Å²) in [6.07, 6.45) is 3.34. The van der Waals surface area contributed by atoms with Crippen molar-refractivity contribution in [3.63, 3.8) is 0 Å². The zero-order valence-electron chi connectivity index (χ0n) is 11.0. The molecule has 0 unspecified atom stereocenters. The average Bonchev–Trinajstić information content (AvgIpc) is 2.84. The van der Waals surface area contributed by atoms with Crippen molar-refractivity contribution in [1.29, 1.82) is 0 Å². The van der Waals surface area contributed by atoms with Crippen LogP contribution in [-0.4, -0.2) is 17.8 Å². The Morgan fingerprint density at radius 1 is 1.55 bits per heavy atom. The Hall–Kier alpha value is -1.85. The van der Waals surface area contributed by atoms with Crippen molar-refractivity contribution in [1.82, 2.24) is 4.98 Å². The van der Waals surface area contributed by atoms with E-state index in [9.17, 15) is 0 Å². The highest BCUT2D eigenvalue weighted by molar-refractivity contribution is 7.13. The molecule has 20 heavy (non-hydrogen) atoms. The monoisotopic (exact) mass is 307 g/mol. The van der Waals surface area contributed by atoms with Gasteiger partial charge in [-0.05, 0) is 25.1 Å². The molecule has 2 rings (SSSR count). The summed E-state index contributed by atoms with van der Waals surface area (Å²) in [6, 6.07) is 5.37. The smallest absolute Gasteiger partial charge is 0.203 e. The van der Waals surface area contributed by atoms with Crippen molar-refractivity contribution in [2.75, 3.05) is 12.0 Å². The summed E-state index contributed by atoms with van der Waals surface area (Å²) in [7, 11) is 0. The van der Waals surface area contributed by atoms with Crippen LogP contribution in [0, 0.1) is 6.92 Å². The molecule has 0 fully saturated rings. The van der Waals surface area contributed by atoms with Gasteiger partial charge in [-0.1, -0.05) is 24.3 Å². The first-order valence-electron chi connectivity index (χ1n) is 5.93. The van der Waals surface area contributed by atoms with E-state index in [1.54, 1.807) is 30.5 Å². The number of hydrogen-bond donors (Lipinski definition) is 1. The number of thiazole rings is 1. The van der Waals surface area contributed by atoms with Crippen molar-refractivity contribution >= 4 is 34.3 Å². The molecule has 0 saturated carbocycles. The predicted molar refractivity (Wildman–Crippen MR) is 85.2 cm³/mol. The summed E-state index contributed by atoms with van der Waals surface area (Å²) < 4.78 is 5.54. The largest absolute Gasteiger partial charge is 0.489 e. The van der Waals surface area contributed by atoms with E-state index >= 15 is 0 Å². The second kappa shape index (κ2) is 7.07. The lowest BCUT2D eigenvalue weighted by molar-refractivity contribution is 0.363. The minimum atomic E-state index is 0.432. The fourth-order valence-corrected chi connectivity index (χ4v) is 2.28. The molecule has 0 radical (unpaired) electrons. The number of hydrogen-bond acceptors (Lipinski definition) is 5. The molecule has 0 bridgehead atoms. The van der Waals surface area contributed by atoms with Gasteiger partial charge in [0.15, 0.2) is 0 Å². The van der Waals surface area contributed by atoms with E-state index in [4.69, 9.17) is 16.3 Å². The Labute approximate surface area is 126 Å². The zero-order chi connectivity index (χ0) is 14.4. The van der Waals surface area contributed by atoms with Gasteiger partial charge in [-0.3, -0.25) is 5.43 Å². The third-order valence-electron chi connectivity index (χ3n) is 2.31. The maximum absolute atomic E-state index is 5.98. The lowest BCUT2D eigenvalue weighted by Gasteiger charge is -2.07. The Morgan fingerprint density at radius 3 is 3.10 bits per heavy atom. The Morgan fingerprint density at radius 2 is 2.40 bits per heavy atom. The molecule has 0 amide bonds. The molecule has 0 aliphatic rings. The Bertz CT molecular complexity index is 625. The average molecular weight is 308 g/mol. The molecular weight excluding hydrogens is 294 g/mol. The van der Waals surface area contributed by atoms with Gasteiger partial charge in [-0.15, -0.1) is 11.3 Å². The van der Waals surface area contributed by atoms with Crippen LogP contribution in [-0.2, 0) is 0 Å². The first-order chi connectivity index (χ1) is 9.69. The molecule has 0 aliphatic heterocycles. The van der Waals surface area contributed by atoms with Crippen LogP contribution in [0.3, 0.4) is 0 Å². The normalized spacial score (nSPS) is 10.7. The van der Waals surface area contributed by atoms with E-state index < -0.39 is 0 Å². The highest BCUT2D eigenvalue weighted by Gasteiger charge is 2.02. The predicted octanol–water partition coefficient (Wildman–Crippen LogP) is 4.12. The second-order valence-corrected chi connectivity index (χ2v) is 5.24. The van der Waals surface area contributed by atoms with E-state index in [1.165, 1.54) is 11.3 Å². The summed E-state index contributed by atoms with van der Waals surface area (Å²) in [5.74, 6) is 0.704. The third kappa shape index (κ3) is 4.08. The van der Waals surface area contributed by atoms with Gasteiger partial charge in [0.05, 0.1) is 11.9 Å². The topological polar surface area (TPSA) is 46.5 Å². The number of hydrazone groups is 1. The number of nitrogens with one attached hydrogen (secondary N) is 1. The van der Waals surface area contributed by atoms with Gasteiger partial charge in [-0.25, -0.2) is 4.98 Å². The third-order valence-corrected chi connectivity index (χ3v) is 3.41. The van der Waals surface area contributed by atoms with Crippen LogP contribution < -0.4 is 10.2 Å². The molecule has 4 nitrogen and oxygen atoms in total. The van der Waals surface area contributed by atoms with Crippen LogP contribution in [0.1, 0.15) is 11.3 Å². The second-order valence-electron chi connectivity index (χ2n) is 3.95. The molecule has 6 heteroatoms. The minimum absolute atomic E-state index is 0.432. The van der Waals surface area contributed by atoms with Crippen LogP contribution >= 0.6 is 22.9 Å². The van der Waals surface area contributed by atoms with Crippen molar-refractivity contribution in [3.05, 3.63) is 52.5 Å². The molecule has 2 aromatic rings. The lowest BCUT2D eigenvalue weighted by atomic mass is 10.2. The Balaban J connectivity index is 2.10. The maximum Gasteiger partial charge on any atom is 0.203 e. The van der Waals surface area contributed by atoms with Crippen molar-refractivity contribution in [2.24, 2.45) is 5.10 Å². The van der Waals surface area contributed by atoms with Crippen LogP contribution in [0.4, 0.5) is 5.13 Å². The van der Waals surface area contributed by atoms with Gasteiger partial charge < -0.3 is 4.74 Å². The fourth-order valence-electron chi connectivity index (χ4n) is 1.46. The molecule has 0 spiro atoms. The molecule has 1 heterocycles. The number of rotatable bonds is 6. The van der Waals surface area contributed by atoms with Gasteiger partial charge in [0.25, 0.3) is 0 Å². The quantitative estimate of drug-likeness (QED) is 0.496. The number of nitrogens with zero attached hydrogens (tertiary/aromatic N) is 2. The zero-order valence-corrected chi connectivity index (χ0v) is 12.5. The highest BCUT2D eigenvalue weighted by Crippen LogP contribution is 2.21. The number of benzene rings is 1. The van der Waals surface area contributed by atoms with Crippen LogP contribution in [0.5, 0.6) is 5.75 Å². The number of halogens is 1. The summed E-state index contributed by atoms with van der Waals surface area (Å²) in [4.78, 5) is 4.25. The molecule has 104 valence electrons. The van der Waals surface area contributed by atoms with Crippen LogP contribution in [0.25, 0.3) is 0 Å². The summed E-state index contributed by atoms with van der Waals surface area (Å²) in [6.45, 7) is 5.99. The van der Waals surface area contributed by atoms with Crippen molar-refractivity contribution in [3.8, 4) is 5.75 Å². The lowest BCUT2D eigenvalue weighted by Crippen LogP contribution is -1.98. The molecular formula is C14H14ClN3OS. The van der Waals surface area contributed by atoms with Crippen LogP contribution in [0.2, 0.25) is 5.02 Å².